The highest BCUT2D eigenvalue weighted by Crippen LogP contribution is 2.31. The van der Waals surface area contributed by atoms with E-state index in [0.717, 1.165) is 60.2 Å². The van der Waals surface area contributed by atoms with Crippen molar-refractivity contribution in [2.75, 3.05) is 31.6 Å². The fourth-order valence-electron chi connectivity index (χ4n) is 4.48. The first-order chi connectivity index (χ1) is 16.1. The van der Waals surface area contributed by atoms with Gasteiger partial charge in [0.2, 0.25) is 5.91 Å². The average Bonchev–Trinajstić information content (AvgIpc) is 3.24. The predicted molar refractivity (Wildman–Crippen MR) is 131 cm³/mol. The van der Waals surface area contributed by atoms with Gasteiger partial charge in [0.25, 0.3) is 0 Å². The number of rotatable bonds is 9. The predicted octanol–water partition coefficient (Wildman–Crippen LogP) is 3.43. The number of aliphatic hydroxyl groups is 1. The van der Waals surface area contributed by atoms with Crippen molar-refractivity contribution in [1.29, 1.82) is 0 Å². The van der Waals surface area contributed by atoms with Crippen LogP contribution in [0.4, 0.5) is 5.82 Å². The number of halogens is 1. The molecular formula is C24H31ClN6O2. The highest BCUT2D eigenvalue weighted by molar-refractivity contribution is 6.29. The first-order valence-electron chi connectivity index (χ1n) is 11.5. The second-order valence-electron chi connectivity index (χ2n) is 8.52. The smallest absolute Gasteiger partial charge is 0.234 e. The number of aromatic amines is 1. The van der Waals surface area contributed by atoms with E-state index in [1.807, 2.05) is 42.3 Å². The highest BCUT2D eigenvalue weighted by atomic mass is 35.5. The van der Waals surface area contributed by atoms with Gasteiger partial charge in [0, 0.05) is 42.0 Å². The third-order valence-electron chi connectivity index (χ3n) is 6.23. The molecule has 4 N–H and O–H groups in total. The highest BCUT2D eigenvalue weighted by Gasteiger charge is 2.23. The zero-order valence-electron chi connectivity index (χ0n) is 18.9. The van der Waals surface area contributed by atoms with Gasteiger partial charge < -0.3 is 20.7 Å². The van der Waals surface area contributed by atoms with Gasteiger partial charge in [-0.05, 0) is 62.1 Å². The average molecular weight is 471 g/mol. The topological polar surface area (TPSA) is 106 Å². The molecule has 3 aromatic rings. The molecule has 0 aliphatic heterocycles. The van der Waals surface area contributed by atoms with Gasteiger partial charge in [-0.25, -0.2) is 9.97 Å². The Hall–Kier alpha value is -2.68. The monoisotopic (exact) mass is 470 g/mol. The van der Waals surface area contributed by atoms with Crippen LogP contribution in [0.25, 0.3) is 22.2 Å². The Morgan fingerprint density at radius 3 is 2.82 bits per heavy atom. The maximum atomic E-state index is 12.3. The van der Waals surface area contributed by atoms with Crippen molar-refractivity contribution in [3.63, 3.8) is 0 Å². The maximum Gasteiger partial charge on any atom is 0.234 e. The standard InChI is InChI=1S/C24H31ClN6O2/c1-2-31(10-11-32)15-23(33)29-18-7-5-17(6-8-18)28-22-13-16(12-21(25)30-22)20-14-27-24-19(20)4-3-9-26-24/h3-4,9,12-14,17-18,32H,2,5-8,10-11,15H2,1H3,(H,26,27)(H,28,30)(H,29,33)/t17-,18-. The van der Waals surface area contributed by atoms with Crippen LogP contribution >= 0.6 is 11.6 Å². The second-order valence-corrected chi connectivity index (χ2v) is 8.91. The molecule has 0 radical (unpaired) electrons. The Labute approximate surface area is 198 Å². The lowest BCUT2D eigenvalue weighted by Gasteiger charge is -2.30. The van der Waals surface area contributed by atoms with E-state index < -0.39 is 0 Å². The molecule has 0 saturated heterocycles. The number of nitrogens with one attached hydrogen (secondary N) is 3. The Balaban J connectivity index is 1.34. The van der Waals surface area contributed by atoms with Gasteiger partial charge in [-0.2, -0.15) is 0 Å². The van der Waals surface area contributed by atoms with E-state index >= 15 is 0 Å². The Kier molecular flexibility index (Phi) is 7.80. The molecule has 1 aliphatic rings. The number of carbonyl (C=O) groups is 1. The summed E-state index contributed by atoms with van der Waals surface area (Å²) in [6.45, 7) is 3.64. The molecule has 176 valence electrons. The summed E-state index contributed by atoms with van der Waals surface area (Å²) in [4.78, 5) is 26.3. The number of pyridine rings is 2. The van der Waals surface area contributed by atoms with Crippen LogP contribution in [0, 0.1) is 0 Å². The molecule has 3 aromatic heterocycles. The van der Waals surface area contributed by atoms with Crippen LogP contribution in [0.3, 0.4) is 0 Å². The zero-order valence-corrected chi connectivity index (χ0v) is 19.6. The number of aliphatic hydroxyl groups excluding tert-OH is 1. The molecule has 0 atom stereocenters. The van der Waals surface area contributed by atoms with Gasteiger partial charge in [0.05, 0.1) is 13.2 Å². The van der Waals surface area contributed by atoms with Gasteiger partial charge >= 0.3 is 0 Å². The summed E-state index contributed by atoms with van der Waals surface area (Å²) in [6.07, 6.45) is 7.43. The maximum absolute atomic E-state index is 12.3. The normalized spacial score (nSPS) is 18.5. The summed E-state index contributed by atoms with van der Waals surface area (Å²) < 4.78 is 0. The summed E-state index contributed by atoms with van der Waals surface area (Å²) in [5, 5.41) is 17.3. The zero-order chi connectivity index (χ0) is 23.2. The first-order valence-corrected chi connectivity index (χ1v) is 11.9. The number of fused-ring (bicyclic) bond motifs is 1. The summed E-state index contributed by atoms with van der Waals surface area (Å²) in [5.74, 6) is 0.780. The van der Waals surface area contributed by atoms with E-state index in [9.17, 15) is 4.79 Å². The first kappa shape index (κ1) is 23.5. The number of hydrogen-bond donors (Lipinski definition) is 4. The second kappa shape index (κ2) is 11.0. The van der Waals surface area contributed by atoms with E-state index in [0.29, 0.717) is 18.2 Å². The SMILES string of the molecule is CCN(CCO)CC(=O)N[C@H]1CC[C@H](Nc2cc(-c3c[nH]c4ncccc34)cc(Cl)n2)CC1. The lowest BCUT2D eigenvalue weighted by molar-refractivity contribution is -0.123. The molecule has 3 heterocycles. The number of nitrogens with zero attached hydrogens (tertiary/aromatic N) is 3. The lowest BCUT2D eigenvalue weighted by atomic mass is 9.91. The minimum Gasteiger partial charge on any atom is -0.395 e. The van der Waals surface area contributed by atoms with Crippen molar-refractivity contribution >= 4 is 34.4 Å². The number of hydrogen-bond acceptors (Lipinski definition) is 6. The van der Waals surface area contributed by atoms with Crippen molar-refractivity contribution < 1.29 is 9.90 Å². The molecule has 0 spiro atoms. The van der Waals surface area contributed by atoms with E-state index in [1.54, 1.807) is 6.20 Å². The van der Waals surface area contributed by atoms with Crippen LogP contribution in [-0.4, -0.2) is 69.2 Å². The third-order valence-corrected chi connectivity index (χ3v) is 6.42. The largest absolute Gasteiger partial charge is 0.395 e. The lowest BCUT2D eigenvalue weighted by Crippen LogP contribution is -2.45. The third kappa shape index (κ3) is 6.01. The number of H-pyrrole nitrogens is 1. The van der Waals surface area contributed by atoms with Crippen molar-refractivity contribution in [3.8, 4) is 11.1 Å². The summed E-state index contributed by atoms with van der Waals surface area (Å²) >= 11 is 6.35. The van der Waals surface area contributed by atoms with Crippen LogP contribution in [0.5, 0.6) is 0 Å². The molecule has 0 bridgehead atoms. The van der Waals surface area contributed by atoms with E-state index in [4.69, 9.17) is 16.7 Å². The van der Waals surface area contributed by atoms with Crippen LogP contribution < -0.4 is 10.6 Å². The molecule has 1 amide bonds. The van der Waals surface area contributed by atoms with Crippen molar-refractivity contribution in [2.45, 2.75) is 44.7 Å². The van der Waals surface area contributed by atoms with Gasteiger partial charge in [0.1, 0.15) is 16.6 Å². The molecular weight excluding hydrogens is 440 g/mol. The molecule has 1 fully saturated rings. The van der Waals surface area contributed by atoms with Crippen molar-refractivity contribution in [3.05, 3.63) is 41.8 Å². The number of carbonyl (C=O) groups excluding carboxylic acids is 1. The summed E-state index contributed by atoms with van der Waals surface area (Å²) in [7, 11) is 0. The molecule has 1 aliphatic carbocycles. The minimum atomic E-state index is 0.0241. The Morgan fingerprint density at radius 1 is 1.27 bits per heavy atom. The Bertz CT molecular complexity index is 1080. The molecule has 0 unspecified atom stereocenters. The van der Waals surface area contributed by atoms with Gasteiger partial charge in [-0.1, -0.05) is 18.5 Å². The molecule has 4 rings (SSSR count). The Morgan fingerprint density at radius 2 is 2.06 bits per heavy atom. The van der Waals surface area contributed by atoms with Crippen LogP contribution in [0.15, 0.2) is 36.7 Å². The quantitative estimate of drug-likeness (QED) is 0.357. The minimum absolute atomic E-state index is 0.0241. The number of amides is 1. The molecule has 9 heteroatoms. The van der Waals surface area contributed by atoms with E-state index in [2.05, 4.69) is 25.6 Å². The fraction of sp³-hybridized carbons (Fsp3) is 0.458. The molecule has 33 heavy (non-hydrogen) atoms. The van der Waals surface area contributed by atoms with E-state index in [1.165, 1.54) is 0 Å². The van der Waals surface area contributed by atoms with Crippen molar-refractivity contribution in [2.24, 2.45) is 0 Å². The van der Waals surface area contributed by atoms with Gasteiger partial charge in [-0.15, -0.1) is 0 Å². The van der Waals surface area contributed by atoms with Crippen LogP contribution in [0.1, 0.15) is 32.6 Å². The molecule has 1 saturated carbocycles. The van der Waals surface area contributed by atoms with E-state index in [-0.39, 0.29) is 24.6 Å². The molecule has 8 nitrogen and oxygen atoms in total. The fourth-order valence-corrected chi connectivity index (χ4v) is 4.69. The van der Waals surface area contributed by atoms with Gasteiger partial charge in [-0.3, -0.25) is 9.69 Å². The van der Waals surface area contributed by atoms with Crippen LogP contribution in [-0.2, 0) is 4.79 Å². The number of aromatic nitrogens is 3. The van der Waals surface area contributed by atoms with Crippen LogP contribution in [0.2, 0.25) is 5.15 Å². The van der Waals surface area contributed by atoms with Gasteiger partial charge in [0.15, 0.2) is 0 Å². The van der Waals surface area contributed by atoms with Crippen molar-refractivity contribution in [1.82, 2.24) is 25.2 Å². The molecule has 0 aromatic carbocycles. The summed E-state index contributed by atoms with van der Waals surface area (Å²) in [5.41, 5.74) is 2.87. The number of anilines is 1. The number of likely N-dealkylation sites (N-methyl/N-ethyl adjacent to an activating group) is 1. The summed E-state index contributed by atoms with van der Waals surface area (Å²) in [6, 6.07) is 8.31.